The lowest BCUT2D eigenvalue weighted by molar-refractivity contribution is 0.0950. The molecule has 3 N–H and O–H groups in total. The van der Waals surface area contributed by atoms with Crippen LogP contribution in [0, 0.1) is 0 Å². The Balaban J connectivity index is 2.05. The third kappa shape index (κ3) is 3.26. The molecule has 0 heterocycles. The van der Waals surface area contributed by atoms with Crippen LogP contribution in [0.3, 0.4) is 0 Å². The highest BCUT2D eigenvalue weighted by atomic mass is 79.9. The molecule has 2 rings (SSSR count). The third-order valence-electron chi connectivity index (χ3n) is 2.63. The number of carbonyl (C=O) groups is 1. The summed E-state index contributed by atoms with van der Waals surface area (Å²) in [6.07, 6.45) is 0. The van der Waals surface area contributed by atoms with E-state index in [0.29, 0.717) is 12.1 Å². The Morgan fingerprint density at radius 2 is 1.84 bits per heavy atom. The maximum absolute atomic E-state index is 11.9. The van der Waals surface area contributed by atoms with Gasteiger partial charge in [-0.2, -0.15) is 0 Å². The smallest absolute Gasteiger partial charge is 0.251 e. The molecule has 0 radical (unpaired) electrons. The number of hydrogen-bond donors (Lipinski definition) is 3. The molecule has 0 aliphatic carbocycles. The summed E-state index contributed by atoms with van der Waals surface area (Å²) in [6, 6.07) is 11.5. The second kappa shape index (κ2) is 5.75. The summed E-state index contributed by atoms with van der Waals surface area (Å²) in [5.74, 6) is -0.873. The Hall–Kier alpha value is -2.01. The number of aromatic hydroxyl groups is 2. The highest BCUT2D eigenvalue weighted by molar-refractivity contribution is 9.10. The zero-order valence-electron chi connectivity index (χ0n) is 9.93. The van der Waals surface area contributed by atoms with Crippen LogP contribution in [0.5, 0.6) is 11.5 Å². The minimum atomic E-state index is -0.314. The number of phenolic OH excluding ortho intramolecular Hbond substituents is 2. The van der Waals surface area contributed by atoms with Gasteiger partial charge in [0.1, 0.15) is 0 Å². The van der Waals surface area contributed by atoms with Crippen molar-refractivity contribution in [3.63, 3.8) is 0 Å². The van der Waals surface area contributed by atoms with E-state index in [2.05, 4.69) is 21.2 Å². The molecule has 0 fully saturated rings. The lowest BCUT2D eigenvalue weighted by atomic mass is 10.1. The molecule has 0 bridgehead atoms. The molecule has 2 aromatic rings. The van der Waals surface area contributed by atoms with Crippen molar-refractivity contribution in [1.29, 1.82) is 0 Å². The first kappa shape index (κ1) is 13.4. The van der Waals surface area contributed by atoms with Crippen LogP contribution in [0.15, 0.2) is 46.9 Å². The van der Waals surface area contributed by atoms with Gasteiger partial charge in [-0.05, 0) is 29.8 Å². The first-order valence-electron chi connectivity index (χ1n) is 5.61. The predicted octanol–water partition coefficient (Wildman–Crippen LogP) is 2.79. The van der Waals surface area contributed by atoms with E-state index in [1.54, 1.807) is 0 Å². The number of benzene rings is 2. The van der Waals surface area contributed by atoms with Gasteiger partial charge >= 0.3 is 0 Å². The molecular weight excluding hydrogens is 310 g/mol. The topological polar surface area (TPSA) is 69.6 Å². The molecule has 0 aromatic heterocycles. The fraction of sp³-hybridized carbons (Fsp3) is 0.0714. The average Bonchev–Trinajstić information content (AvgIpc) is 2.40. The molecule has 4 nitrogen and oxygen atoms in total. The van der Waals surface area contributed by atoms with Crippen molar-refractivity contribution in [1.82, 2.24) is 5.32 Å². The zero-order chi connectivity index (χ0) is 13.8. The molecule has 0 aliphatic heterocycles. The van der Waals surface area contributed by atoms with Crippen LogP contribution < -0.4 is 5.32 Å². The highest BCUT2D eigenvalue weighted by Crippen LogP contribution is 2.24. The Kier molecular flexibility index (Phi) is 4.06. The molecule has 0 aliphatic rings. The number of hydrogen-bond acceptors (Lipinski definition) is 3. The number of nitrogens with one attached hydrogen (secondary N) is 1. The van der Waals surface area contributed by atoms with Gasteiger partial charge in [-0.15, -0.1) is 0 Å². The van der Waals surface area contributed by atoms with E-state index in [0.717, 1.165) is 10.0 Å². The van der Waals surface area contributed by atoms with Crippen molar-refractivity contribution in [2.24, 2.45) is 0 Å². The SMILES string of the molecule is O=C(NCc1ccccc1Br)c1ccc(O)c(O)c1. The average molecular weight is 322 g/mol. The fourth-order valence-corrected chi connectivity index (χ4v) is 2.01. The van der Waals surface area contributed by atoms with E-state index in [9.17, 15) is 15.0 Å². The lowest BCUT2D eigenvalue weighted by Crippen LogP contribution is -2.22. The van der Waals surface area contributed by atoms with Crippen molar-refractivity contribution >= 4 is 21.8 Å². The van der Waals surface area contributed by atoms with E-state index >= 15 is 0 Å². The van der Waals surface area contributed by atoms with Crippen molar-refractivity contribution in [2.45, 2.75) is 6.54 Å². The van der Waals surface area contributed by atoms with Crippen molar-refractivity contribution in [3.8, 4) is 11.5 Å². The van der Waals surface area contributed by atoms with Crippen molar-refractivity contribution in [2.75, 3.05) is 0 Å². The molecule has 2 aromatic carbocycles. The largest absolute Gasteiger partial charge is 0.504 e. The quantitative estimate of drug-likeness (QED) is 0.761. The first-order valence-corrected chi connectivity index (χ1v) is 6.41. The highest BCUT2D eigenvalue weighted by Gasteiger charge is 2.09. The molecule has 0 unspecified atom stereocenters. The number of carbonyl (C=O) groups excluding carboxylic acids is 1. The maximum atomic E-state index is 11.9. The summed E-state index contributed by atoms with van der Waals surface area (Å²) < 4.78 is 0.920. The normalized spacial score (nSPS) is 10.2. The summed E-state index contributed by atoms with van der Waals surface area (Å²) in [5.41, 5.74) is 1.25. The Morgan fingerprint density at radius 3 is 2.53 bits per heavy atom. The Morgan fingerprint density at radius 1 is 1.11 bits per heavy atom. The first-order chi connectivity index (χ1) is 9.08. The monoisotopic (exact) mass is 321 g/mol. The van der Waals surface area contributed by atoms with Crippen LogP contribution in [0.25, 0.3) is 0 Å². The van der Waals surface area contributed by atoms with Crippen LogP contribution in [0.4, 0.5) is 0 Å². The second-order valence-electron chi connectivity index (χ2n) is 3.98. The van der Waals surface area contributed by atoms with Gasteiger partial charge in [0.05, 0.1) is 0 Å². The zero-order valence-corrected chi connectivity index (χ0v) is 11.5. The van der Waals surface area contributed by atoms with Crippen LogP contribution in [0.2, 0.25) is 0 Å². The molecule has 0 atom stereocenters. The van der Waals surface area contributed by atoms with Crippen LogP contribution in [0.1, 0.15) is 15.9 Å². The number of phenols is 2. The van der Waals surface area contributed by atoms with Crippen molar-refractivity contribution < 1.29 is 15.0 Å². The van der Waals surface area contributed by atoms with E-state index in [4.69, 9.17) is 0 Å². The standard InChI is InChI=1S/C14H12BrNO3/c15-11-4-2-1-3-10(11)8-16-14(19)9-5-6-12(17)13(18)7-9/h1-7,17-18H,8H2,(H,16,19). The van der Waals surface area contributed by atoms with Gasteiger partial charge in [-0.1, -0.05) is 34.1 Å². The number of halogens is 1. The lowest BCUT2D eigenvalue weighted by Gasteiger charge is -2.07. The molecular formula is C14H12BrNO3. The summed E-state index contributed by atoms with van der Waals surface area (Å²) in [7, 11) is 0. The third-order valence-corrected chi connectivity index (χ3v) is 3.41. The van der Waals surface area contributed by atoms with Gasteiger partial charge in [0, 0.05) is 16.6 Å². The van der Waals surface area contributed by atoms with Crippen LogP contribution in [-0.4, -0.2) is 16.1 Å². The molecule has 98 valence electrons. The maximum Gasteiger partial charge on any atom is 0.251 e. The van der Waals surface area contributed by atoms with Gasteiger partial charge in [-0.3, -0.25) is 4.79 Å². The van der Waals surface area contributed by atoms with E-state index < -0.39 is 0 Å². The van der Waals surface area contributed by atoms with Gasteiger partial charge in [0.15, 0.2) is 11.5 Å². The summed E-state index contributed by atoms with van der Waals surface area (Å²) in [5, 5.41) is 21.3. The van der Waals surface area contributed by atoms with E-state index in [1.165, 1.54) is 18.2 Å². The van der Waals surface area contributed by atoms with Gasteiger partial charge in [-0.25, -0.2) is 0 Å². The van der Waals surface area contributed by atoms with Crippen molar-refractivity contribution in [3.05, 3.63) is 58.1 Å². The fourth-order valence-electron chi connectivity index (χ4n) is 1.58. The Bertz CT molecular complexity index is 613. The molecule has 0 saturated heterocycles. The predicted molar refractivity (Wildman–Crippen MR) is 75.1 cm³/mol. The second-order valence-corrected chi connectivity index (χ2v) is 4.83. The van der Waals surface area contributed by atoms with Gasteiger partial charge in [0.2, 0.25) is 0 Å². The summed E-state index contributed by atoms with van der Waals surface area (Å²) in [4.78, 5) is 11.9. The minimum absolute atomic E-state index is 0.248. The Labute approximate surface area is 118 Å². The van der Waals surface area contributed by atoms with Crippen LogP contribution >= 0.6 is 15.9 Å². The molecule has 5 heteroatoms. The molecule has 0 saturated carbocycles. The molecule has 1 amide bonds. The van der Waals surface area contributed by atoms with Gasteiger partial charge < -0.3 is 15.5 Å². The van der Waals surface area contributed by atoms with E-state index in [1.807, 2.05) is 24.3 Å². The minimum Gasteiger partial charge on any atom is -0.504 e. The molecule has 0 spiro atoms. The number of amides is 1. The molecule has 19 heavy (non-hydrogen) atoms. The summed E-state index contributed by atoms with van der Waals surface area (Å²) in [6.45, 7) is 0.377. The number of rotatable bonds is 3. The van der Waals surface area contributed by atoms with E-state index in [-0.39, 0.29) is 17.4 Å². The van der Waals surface area contributed by atoms with Crippen LogP contribution in [-0.2, 0) is 6.54 Å². The summed E-state index contributed by atoms with van der Waals surface area (Å²) >= 11 is 3.40. The van der Waals surface area contributed by atoms with Gasteiger partial charge in [0.25, 0.3) is 5.91 Å².